The van der Waals surface area contributed by atoms with Gasteiger partial charge in [0, 0.05) is 12.1 Å². The van der Waals surface area contributed by atoms with Crippen molar-refractivity contribution >= 4 is 24.3 Å². The summed E-state index contributed by atoms with van der Waals surface area (Å²) in [6.07, 6.45) is 1.24. The Bertz CT molecular complexity index is 482. The van der Waals surface area contributed by atoms with Crippen LogP contribution in [0.25, 0.3) is 0 Å². The number of hydrogen-bond donors (Lipinski definition) is 3. The van der Waals surface area contributed by atoms with E-state index in [4.69, 9.17) is 9.84 Å². The molecule has 0 aromatic heterocycles. The topological polar surface area (TPSA) is 87.7 Å². The van der Waals surface area contributed by atoms with Gasteiger partial charge in [0.05, 0.1) is 13.7 Å². The van der Waals surface area contributed by atoms with Crippen LogP contribution in [0.3, 0.4) is 0 Å². The monoisotopic (exact) mass is 330 g/mol. The number of methoxy groups -OCH3 is 1. The molecule has 1 rings (SSSR count). The van der Waals surface area contributed by atoms with Crippen molar-refractivity contribution in [2.45, 2.75) is 32.4 Å². The van der Waals surface area contributed by atoms with Crippen molar-refractivity contribution in [3.05, 3.63) is 29.8 Å². The number of rotatable bonds is 9. The number of ether oxygens (including phenoxy) is 1. The van der Waals surface area contributed by atoms with Crippen LogP contribution >= 0.6 is 12.4 Å². The van der Waals surface area contributed by atoms with Gasteiger partial charge in [0.2, 0.25) is 5.91 Å². The van der Waals surface area contributed by atoms with Crippen molar-refractivity contribution in [3.8, 4) is 5.75 Å². The number of carbonyl (C=O) groups excluding carboxylic acids is 1. The van der Waals surface area contributed by atoms with Crippen molar-refractivity contribution < 1.29 is 19.4 Å². The molecule has 1 atom stereocenters. The zero-order chi connectivity index (χ0) is 15.7. The van der Waals surface area contributed by atoms with Gasteiger partial charge >= 0.3 is 5.97 Å². The predicted molar refractivity (Wildman–Crippen MR) is 86.4 cm³/mol. The molecule has 0 aliphatic rings. The second-order valence-corrected chi connectivity index (χ2v) is 4.65. The molecule has 1 amide bonds. The highest BCUT2D eigenvalue weighted by Crippen LogP contribution is 2.16. The van der Waals surface area contributed by atoms with Crippen LogP contribution in [-0.4, -0.2) is 36.7 Å². The van der Waals surface area contributed by atoms with Crippen LogP contribution < -0.4 is 15.4 Å². The standard InChI is InChI=1S/C15H22N2O4.ClH/c1-3-6-12(15(19)20)16-10-14(18)17-9-11-7-4-5-8-13(11)21-2;/h4-5,7-8,12,16H,3,6,9-10H2,1-2H3,(H,17,18)(H,19,20);1H. The number of carboxylic acid groups (broad SMARTS) is 1. The molecule has 0 heterocycles. The van der Waals surface area contributed by atoms with Crippen LogP contribution in [0.5, 0.6) is 5.75 Å². The van der Waals surface area contributed by atoms with Crippen molar-refractivity contribution in [2.24, 2.45) is 0 Å². The number of para-hydroxylation sites is 1. The molecule has 7 heteroatoms. The van der Waals surface area contributed by atoms with Crippen LogP contribution in [0.15, 0.2) is 24.3 Å². The van der Waals surface area contributed by atoms with Crippen LogP contribution in [0.4, 0.5) is 0 Å². The fourth-order valence-electron chi connectivity index (χ4n) is 1.92. The summed E-state index contributed by atoms with van der Waals surface area (Å²) in [6, 6.07) is 6.72. The maximum absolute atomic E-state index is 11.7. The largest absolute Gasteiger partial charge is 0.496 e. The SMILES string of the molecule is CCCC(NCC(=O)NCc1ccccc1OC)C(=O)O.Cl. The lowest BCUT2D eigenvalue weighted by Crippen LogP contribution is -2.42. The molecule has 6 nitrogen and oxygen atoms in total. The van der Waals surface area contributed by atoms with E-state index in [9.17, 15) is 9.59 Å². The number of aliphatic carboxylic acids is 1. The minimum absolute atomic E-state index is 0. The minimum atomic E-state index is -0.936. The van der Waals surface area contributed by atoms with Gasteiger partial charge in [-0.05, 0) is 12.5 Å². The molecule has 0 aliphatic carbocycles. The summed E-state index contributed by atoms with van der Waals surface area (Å²) in [4.78, 5) is 22.7. The molecule has 124 valence electrons. The Morgan fingerprint density at radius 2 is 2.00 bits per heavy atom. The predicted octanol–water partition coefficient (Wildman–Crippen LogP) is 1.58. The fraction of sp³-hybridized carbons (Fsp3) is 0.467. The Morgan fingerprint density at radius 1 is 1.32 bits per heavy atom. The van der Waals surface area contributed by atoms with Crippen LogP contribution in [0.2, 0.25) is 0 Å². The Hall–Kier alpha value is -1.79. The molecular weight excluding hydrogens is 308 g/mol. The Balaban J connectivity index is 0.00000441. The van der Waals surface area contributed by atoms with E-state index < -0.39 is 12.0 Å². The molecule has 0 bridgehead atoms. The lowest BCUT2D eigenvalue weighted by atomic mass is 10.1. The summed E-state index contributed by atoms with van der Waals surface area (Å²) in [5, 5.41) is 14.5. The maximum atomic E-state index is 11.7. The van der Waals surface area contributed by atoms with E-state index in [1.165, 1.54) is 0 Å². The van der Waals surface area contributed by atoms with Crippen molar-refractivity contribution in [3.63, 3.8) is 0 Å². The number of benzene rings is 1. The first-order valence-corrected chi connectivity index (χ1v) is 6.93. The number of carbonyl (C=O) groups is 2. The van der Waals surface area contributed by atoms with E-state index in [1.54, 1.807) is 7.11 Å². The minimum Gasteiger partial charge on any atom is -0.496 e. The molecule has 1 aromatic carbocycles. The zero-order valence-electron chi connectivity index (χ0n) is 12.8. The van der Waals surface area contributed by atoms with Gasteiger partial charge in [0.1, 0.15) is 11.8 Å². The van der Waals surface area contributed by atoms with Gasteiger partial charge < -0.3 is 15.2 Å². The van der Waals surface area contributed by atoms with Gasteiger partial charge in [-0.2, -0.15) is 0 Å². The smallest absolute Gasteiger partial charge is 0.320 e. The Morgan fingerprint density at radius 3 is 2.59 bits per heavy atom. The maximum Gasteiger partial charge on any atom is 0.320 e. The average Bonchev–Trinajstić information content (AvgIpc) is 2.49. The number of halogens is 1. The molecule has 0 radical (unpaired) electrons. The summed E-state index contributed by atoms with van der Waals surface area (Å²) in [7, 11) is 1.57. The number of nitrogens with one attached hydrogen (secondary N) is 2. The van der Waals surface area contributed by atoms with Gasteiger partial charge in [-0.25, -0.2) is 0 Å². The van der Waals surface area contributed by atoms with E-state index in [-0.39, 0.29) is 24.9 Å². The third kappa shape index (κ3) is 6.78. The lowest BCUT2D eigenvalue weighted by molar-refractivity contribution is -0.139. The third-order valence-electron chi connectivity index (χ3n) is 3.05. The molecule has 3 N–H and O–H groups in total. The molecular formula is C15H23ClN2O4. The van der Waals surface area contributed by atoms with Gasteiger partial charge in [0.15, 0.2) is 0 Å². The second kappa shape index (κ2) is 10.9. The highest BCUT2D eigenvalue weighted by atomic mass is 35.5. The van der Waals surface area contributed by atoms with E-state index in [0.29, 0.717) is 18.7 Å². The van der Waals surface area contributed by atoms with Crippen LogP contribution in [0, 0.1) is 0 Å². The molecule has 22 heavy (non-hydrogen) atoms. The van der Waals surface area contributed by atoms with Crippen molar-refractivity contribution in [1.82, 2.24) is 10.6 Å². The molecule has 0 fully saturated rings. The molecule has 1 aromatic rings. The zero-order valence-corrected chi connectivity index (χ0v) is 13.6. The number of carboxylic acids is 1. The van der Waals surface area contributed by atoms with E-state index in [0.717, 1.165) is 12.0 Å². The first kappa shape index (κ1) is 20.2. The van der Waals surface area contributed by atoms with Gasteiger partial charge in [0.25, 0.3) is 0 Å². The lowest BCUT2D eigenvalue weighted by Gasteiger charge is -2.14. The summed E-state index contributed by atoms with van der Waals surface area (Å²) >= 11 is 0. The highest BCUT2D eigenvalue weighted by Gasteiger charge is 2.16. The fourth-order valence-corrected chi connectivity index (χ4v) is 1.92. The highest BCUT2D eigenvalue weighted by molar-refractivity contribution is 5.85. The van der Waals surface area contributed by atoms with Crippen LogP contribution in [-0.2, 0) is 16.1 Å². The van der Waals surface area contributed by atoms with E-state index in [2.05, 4.69) is 10.6 Å². The quantitative estimate of drug-likeness (QED) is 0.640. The summed E-state index contributed by atoms with van der Waals surface area (Å²) in [5.74, 6) is -0.474. The van der Waals surface area contributed by atoms with Gasteiger partial charge in [-0.3, -0.25) is 14.9 Å². The normalized spacial score (nSPS) is 11.2. The van der Waals surface area contributed by atoms with E-state index >= 15 is 0 Å². The second-order valence-electron chi connectivity index (χ2n) is 4.65. The summed E-state index contributed by atoms with van der Waals surface area (Å²) in [6.45, 7) is 2.22. The molecule has 1 unspecified atom stereocenters. The van der Waals surface area contributed by atoms with Gasteiger partial charge in [-0.1, -0.05) is 31.5 Å². The molecule has 0 spiro atoms. The number of hydrogen-bond acceptors (Lipinski definition) is 4. The van der Waals surface area contributed by atoms with Crippen molar-refractivity contribution in [2.75, 3.05) is 13.7 Å². The van der Waals surface area contributed by atoms with Crippen LogP contribution in [0.1, 0.15) is 25.3 Å². The Labute approximate surface area is 136 Å². The molecule has 0 saturated heterocycles. The van der Waals surface area contributed by atoms with Crippen molar-refractivity contribution in [1.29, 1.82) is 0 Å². The first-order valence-electron chi connectivity index (χ1n) is 6.93. The molecule has 0 saturated carbocycles. The Kier molecular flexibility index (Phi) is 9.98. The number of amides is 1. The summed E-state index contributed by atoms with van der Waals surface area (Å²) in [5.41, 5.74) is 0.872. The van der Waals surface area contributed by atoms with E-state index in [1.807, 2.05) is 31.2 Å². The molecule has 0 aliphatic heterocycles. The third-order valence-corrected chi connectivity index (χ3v) is 3.05. The van der Waals surface area contributed by atoms with Gasteiger partial charge in [-0.15, -0.1) is 12.4 Å². The summed E-state index contributed by atoms with van der Waals surface area (Å²) < 4.78 is 5.19. The first-order chi connectivity index (χ1) is 10.1. The average molecular weight is 331 g/mol.